The molecule has 0 aliphatic heterocycles. The Morgan fingerprint density at radius 2 is 2.30 bits per heavy atom. The van der Waals surface area contributed by atoms with Crippen LogP contribution < -0.4 is 5.32 Å². The lowest BCUT2D eigenvalue weighted by atomic mass is 10.2. The maximum atomic E-state index is 12.1. The van der Waals surface area contributed by atoms with Gasteiger partial charge >= 0.3 is 0 Å². The van der Waals surface area contributed by atoms with E-state index in [4.69, 9.17) is 5.11 Å². The van der Waals surface area contributed by atoms with Gasteiger partial charge in [-0.15, -0.1) is 11.3 Å². The molecule has 0 unspecified atom stereocenters. The predicted octanol–water partition coefficient (Wildman–Crippen LogP) is 2.44. The van der Waals surface area contributed by atoms with Crippen LogP contribution in [0.25, 0.3) is 0 Å². The molecule has 2 aromatic rings. The van der Waals surface area contributed by atoms with E-state index in [1.54, 1.807) is 24.5 Å². The number of nitrogens with zero attached hydrogens (tertiary/aromatic N) is 1. The molecule has 0 bridgehead atoms. The maximum Gasteiger partial charge on any atom is 0.265 e. The molecule has 5 heteroatoms. The Bertz CT molecular complexity index is 668. The van der Waals surface area contributed by atoms with E-state index < -0.39 is 0 Å². The van der Waals surface area contributed by atoms with Crippen molar-refractivity contribution in [2.75, 3.05) is 11.9 Å². The number of pyridine rings is 1. The predicted molar refractivity (Wildman–Crippen MR) is 79.8 cm³/mol. The molecular weight excluding hydrogens is 272 g/mol. The van der Waals surface area contributed by atoms with Gasteiger partial charge in [0.05, 0.1) is 28.2 Å². The van der Waals surface area contributed by atoms with E-state index in [1.165, 1.54) is 11.3 Å². The van der Waals surface area contributed by atoms with E-state index >= 15 is 0 Å². The van der Waals surface area contributed by atoms with Gasteiger partial charge in [-0.2, -0.15) is 0 Å². The third kappa shape index (κ3) is 3.67. The van der Waals surface area contributed by atoms with Crippen molar-refractivity contribution in [3.63, 3.8) is 0 Å². The van der Waals surface area contributed by atoms with Crippen LogP contribution in [-0.2, 0) is 0 Å². The Morgan fingerprint density at radius 1 is 1.45 bits per heavy atom. The largest absolute Gasteiger partial charge is 0.395 e. The zero-order chi connectivity index (χ0) is 14.4. The normalized spacial score (nSPS) is 9.70. The number of carbonyl (C=O) groups is 1. The van der Waals surface area contributed by atoms with Gasteiger partial charge < -0.3 is 10.4 Å². The first kappa shape index (κ1) is 14.3. The lowest BCUT2D eigenvalue weighted by molar-refractivity contribution is 0.103. The van der Waals surface area contributed by atoms with E-state index in [2.05, 4.69) is 22.1 Å². The summed E-state index contributed by atoms with van der Waals surface area (Å²) in [6, 6.07) is 5.39. The number of hydrogen-bond donors (Lipinski definition) is 2. The number of anilines is 1. The molecule has 1 amide bonds. The molecular formula is C15H14N2O2S. The highest BCUT2D eigenvalue weighted by Crippen LogP contribution is 2.18. The first-order chi connectivity index (χ1) is 9.70. The van der Waals surface area contributed by atoms with Gasteiger partial charge in [0.15, 0.2) is 0 Å². The number of rotatable bonds is 3. The molecule has 0 saturated heterocycles. The Morgan fingerprint density at radius 3 is 3.05 bits per heavy atom. The quantitative estimate of drug-likeness (QED) is 0.852. The van der Waals surface area contributed by atoms with Crippen molar-refractivity contribution >= 4 is 22.9 Å². The summed E-state index contributed by atoms with van der Waals surface area (Å²) in [6.45, 7) is 1.96. The van der Waals surface area contributed by atoms with Crippen LogP contribution in [0.3, 0.4) is 0 Å². The summed E-state index contributed by atoms with van der Waals surface area (Å²) in [5.74, 6) is 5.58. The highest BCUT2D eigenvalue weighted by Gasteiger charge is 2.10. The lowest BCUT2D eigenvalue weighted by Crippen LogP contribution is -2.11. The summed E-state index contributed by atoms with van der Waals surface area (Å²) in [6.07, 6.45) is 3.75. The number of aromatic nitrogens is 1. The summed E-state index contributed by atoms with van der Waals surface area (Å²) in [5, 5.41) is 11.5. The van der Waals surface area contributed by atoms with Crippen LogP contribution in [0.1, 0.15) is 26.5 Å². The number of hydrogen-bond acceptors (Lipinski definition) is 4. The SMILES string of the molecule is Cc1ccncc1NC(=O)c1ccc(C#CCCO)s1. The first-order valence-corrected chi connectivity index (χ1v) is 6.94. The lowest BCUT2D eigenvalue weighted by Gasteiger charge is -2.05. The van der Waals surface area contributed by atoms with Crippen LogP contribution in [0.4, 0.5) is 5.69 Å². The third-order valence-electron chi connectivity index (χ3n) is 2.57. The van der Waals surface area contributed by atoms with Crippen molar-refractivity contribution in [2.45, 2.75) is 13.3 Å². The third-order valence-corrected chi connectivity index (χ3v) is 3.56. The Kier molecular flexibility index (Phi) is 4.88. The van der Waals surface area contributed by atoms with E-state index in [-0.39, 0.29) is 12.5 Å². The molecule has 0 spiro atoms. The molecule has 0 radical (unpaired) electrons. The van der Waals surface area contributed by atoms with Gasteiger partial charge in [0.2, 0.25) is 0 Å². The fourth-order valence-corrected chi connectivity index (χ4v) is 2.29. The zero-order valence-electron chi connectivity index (χ0n) is 11.0. The minimum Gasteiger partial charge on any atom is -0.395 e. The summed E-state index contributed by atoms with van der Waals surface area (Å²) in [4.78, 5) is 17.5. The van der Waals surface area contributed by atoms with Crippen molar-refractivity contribution < 1.29 is 9.90 Å². The van der Waals surface area contributed by atoms with E-state index in [1.807, 2.05) is 13.0 Å². The molecule has 102 valence electrons. The summed E-state index contributed by atoms with van der Waals surface area (Å²) >= 11 is 1.33. The molecule has 0 atom stereocenters. The fraction of sp³-hybridized carbons (Fsp3) is 0.200. The first-order valence-electron chi connectivity index (χ1n) is 6.12. The minimum absolute atomic E-state index is 0.0476. The average molecular weight is 286 g/mol. The fourth-order valence-electron chi connectivity index (χ4n) is 1.51. The molecule has 0 aliphatic rings. The number of nitrogens with one attached hydrogen (secondary N) is 1. The second-order valence-corrected chi connectivity index (χ2v) is 5.17. The molecule has 2 rings (SSSR count). The van der Waals surface area contributed by atoms with Gasteiger partial charge in [0.1, 0.15) is 0 Å². The number of thiophene rings is 1. The second-order valence-electron chi connectivity index (χ2n) is 4.08. The van der Waals surface area contributed by atoms with E-state index in [0.717, 1.165) is 10.4 Å². The smallest absolute Gasteiger partial charge is 0.265 e. The van der Waals surface area contributed by atoms with E-state index in [9.17, 15) is 4.79 Å². The monoisotopic (exact) mass is 286 g/mol. The molecule has 0 aromatic carbocycles. The van der Waals surface area contributed by atoms with Crippen LogP contribution in [-0.4, -0.2) is 22.6 Å². The molecule has 2 heterocycles. The number of aliphatic hydroxyl groups is 1. The van der Waals surface area contributed by atoms with E-state index in [0.29, 0.717) is 17.0 Å². The van der Waals surface area contributed by atoms with Gasteiger partial charge in [-0.05, 0) is 30.7 Å². The Labute approximate surface area is 121 Å². The van der Waals surface area contributed by atoms with Crippen LogP contribution in [0, 0.1) is 18.8 Å². The summed E-state index contributed by atoms with van der Waals surface area (Å²) in [5.41, 5.74) is 1.67. The van der Waals surface area contributed by atoms with Crippen LogP contribution in [0.5, 0.6) is 0 Å². The summed E-state index contributed by atoms with van der Waals surface area (Å²) in [7, 11) is 0. The van der Waals surface area contributed by atoms with Gasteiger partial charge in [0, 0.05) is 12.6 Å². The summed E-state index contributed by atoms with van der Waals surface area (Å²) < 4.78 is 0. The maximum absolute atomic E-state index is 12.1. The van der Waals surface area contributed by atoms with Gasteiger partial charge in [-0.3, -0.25) is 9.78 Å². The Hall–Kier alpha value is -2.16. The molecule has 0 fully saturated rings. The zero-order valence-corrected chi connectivity index (χ0v) is 11.8. The average Bonchev–Trinajstić information content (AvgIpc) is 2.91. The molecule has 2 N–H and O–H groups in total. The van der Waals surface area contributed by atoms with Gasteiger partial charge in [-0.25, -0.2) is 0 Å². The van der Waals surface area contributed by atoms with Crippen molar-refractivity contribution in [1.29, 1.82) is 0 Å². The standard InChI is InChI=1S/C15H14N2O2S/c1-11-7-8-16-10-13(11)17-15(19)14-6-5-12(20-14)4-2-3-9-18/h5-8,10,18H,3,9H2,1H3,(H,17,19). The Balaban J connectivity index is 2.07. The van der Waals surface area contributed by atoms with Gasteiger partial charge in [-0.1, -0.05) is 11.8 Å². The second kappa shape index (κ2) is 6.85. The number of aliphatic hydroxyl groups excluding tert-OH is 1. The molecule has 0 aliphatic carbocycles. The minimum atomic E-state index is -0.165. The number of carbonyl (C=O) groups excluding carboxylic acids is 1. The van der Waals surface area contributed by atoms with Crippen molar-refractivity contribution in [2.24, 2.45) is 0 Å². The molecule has 0 saturated carbocycles. The molecule has 2 aromatic heterocycles. The topological polar surface area (TPSA) is 62.2 Å². The highest BCUT2D eigenvalue weighted by atomic mass is 32.1. The van der Waals surface area contributed by atoms with Crippen LogP contribution in [0.2, 0.25) is 0 Å². The van der Waals surface area contributed by atoms with Crippen molar-refractivity contribution in [3.8, 4) is 11.8 Å². The molecule has 20 heavy (non-hydrogen) atoms. The number of amides is 1. The van der Waals surface area contributed by atoms with Crippen LogP contribution in [0.15, 0.2) is 30.6 Å². The highest BCUT2D eigenvalue weighted by molar-refractivity contribution is 7.14. The van der Waals surface area contributed by atoms with Gasteiger partial charge in [0.25, 0.3) is 5.91 Å². The number of aryl methyl sites for hydroxylation is 1. The van der Waals surface area contributed by atoms with Crippen LogP contribution >= 0.6 is 11.3 Å². The molecule has 4 nitrogen and oxygen atoms in total. The van der Waals surface area contributed by atoms with Crippen molar-refractivity contribution in [1.82, 2.24) is 4.98 Å². The van der Waals surface area contributed by atoms with Crippen molar-refractivity contribution in [3.05, 3.63) is 45.9 Å².